The maximum atomic E-state index is 9.54. The maximum Gasteiger partial charge on any atom is 0.0575 e. The summed E-state index contributed by atoms with van der Waals surface area (Å²) in [7, 11) is 0. The molecular weight excluding hydrogens is 150 g/mol. The van der Waals surface area contributed by atoms with E-state index < -0.39 is 0 Å². The van der Waals surface area contributed by atoms with Gasteiger partial charge < -0.3 is 10.0 Å². The summed E-state index contributed by atoms with van der Waals surface area (Å²) < 4.78 is 0. The molecule has 2 heteroatoms. The van der Waals surface area contributed by atoms with Gasteiger partial charge in [-0.2, -0.15) is 0 Å². The Morgan fingerprint density at radius 3 is 2.00 bits per heavy atom. The van der Waals surface area contributed by atoms with E-state index in [0.29, 0.717) is 5.92 Å². The SMILES string of the molecule is CCC(O)C(C)CN(CC)CC. The van der Waals surface area contributed by atoms with Crippen LogP contribution in [0, 0.1) is 5.92 Å². The van der Waals surface area contributed by atoms with Gasteiger partial charge in [-0.25, -0.2) is 0 Å². The Balaban J connectivity index is 3.72. The summed E-state index contributed by atoms with van der Waals surface area (Å²) in [5.41, 5.74) is 0. The molecule has 0 amide bonds. The minimum Gasteiger partial charge on any atom is -0.393 e. The molecule has 0 saturated carbocycles. The summed E-state index contributed by atoms with van der Waals surface area (Å²) in [5.74, 6) is 0.398. The summed E-state index contributed by atoms with van der Waals surface area (Å²) in [4.78, 5) is 2.35. The second-order valence-electron chi connectivity index (χ2n) is 3.44. The van der Waals surface area contributed by atoms with E-state index in [9.17, 15) is 5.11 Å². The third-order valence-electron chi connectivity index (χ3n) is 2.52. The van der Waals surface area contributed by atoms with Gasteiger partial charge in [-0.1, -0.05) is 27.7 Å². The lowest BCUT2D eigenvalue weighted by Gasteiger charge is -2.25. The second kappa shape index (κ2) is 6.44. The molecule has 0 bridgehead atoms. The van der Waals surface area contributed by atoms with Crippen LogP contribution in [0.1, 0.15) is 34.1 Å². The Kier molecular flexibility index (Phi) is 6.39. The van der Waals surface area contributed by atoms with E-state index in [2.05, 4.69) is 25.7 Å². The van der Waals surface area contributed by atoms with Gasteiger partial charge in [0, 0.05) is 6.54 Å². The first-order valence-corrected chi connectivity index (χ1v) is 5.06. The number of aliphatic hydroxyl groups is 1. The molecule has 0 aromatic rings. The van der Waals surface area contributed by atoms with Crippen LogP contribution >= 0.6 is 0 Å². The fourth-order valence-electron chi connectivity index (χ4n) is 1.41. The monoisotopic (exact) mass is 173 g/mol. The average molecular weight is 173 g/mol. The quantitative estimate of drug-likeness (QED) is 0.661. The molecule has 0 heterocycles. The predicted molar refractivity (Wildman–Crippen MR) is 53.2 cm³/mol. The van der Waals surface area contributed by atoms with Crippen LogP contribution in [0.25, 0.3) is 0 Å². The van der Waals surface area contributed by atoms with Crippen LogP contribution in [0.2, 0.25) is 0 Å². The first kappa shape index (κ1) is 11.9. The average Bonchev–Trinajstić information content (AvgIpc) is 2.12. The van der Waals surface area contributed by atoms with Gasteiger partial charge in [-0.05, 0) is 25.4 Å². The van der Waals surface area contributed by atoms with Crippen molar-refractivity contribution in [1.29, 1.82) is 0 Å². The van der Waals surface area contributed by atoms with Crippen molar-refractivity contribution in [2.75, 3.05) is 19.6 Å². The smallest absolute Gasteiger partial charge is 0.0575 e. The molecule has 12 heavy (non-hydrogen) atoms. The van der Waals surface area contributed by atoms with Gasteiger partial charge in [0.05, 0.1) is 6.10 Å². The maximum absolute atomic E-state index is 9.54. The fourth-order valence-corrected chi connectivity index (χ4v) is 1.41. The van der Waals surface area contributed by atoms with E-state index in [0.717, 1.165) is 26.1 Å². The van der Waals surface area contributed by atoms with Crippen molar-refractivity contribution >= 4 is 0 Å². The zero-order valence-corrected chi connectivity index (χ0v) is 8.88. The number of hydrogen-bond donors (Lipinski definition) is 1. The highest BCUT2D eigenvalue weighted by atomic mass is 16.3. The van der Waals surface area contributed by atoms with Crippen LogP contribution in [0.3, 0.4) is 0 Å². The molecule has 74 valence electrons. The van der Waals surface area contributed by atoms with Gasteiger partial charge >= 0.3 is 0 Å². The van der Waals surface area contributed by atoms with Gasteiger partial charge in [0.15, 0.2) is 0 Å². The molecule has 2 unspecified atom stereocenters. The molecule has 0 aliphatic carbocycles. The molecule has 0 rings (SSSR count). The third-order valence-corrected chi connectivity index (χ3v) is 2.52. The molecule has 0 spiro atoms. The van der Waals surface area contributed by atoms with Gasteiger partial charge in [0.25, 0.3) is 0 Å². The molecule has 0 radical (unpaired) electrons. The first-order valence-electron chi connectivity index (χ1n) is 5.06. The van der Waals surface area contributed by atoms with Crippen LogP contribution in [0.5, 0.6) is 0 Å². The minimum atomic E-state index is -0.134. The molecule has 0 aliphatic heterocycles. The molecule has 0 aromatic heterocycles. The summed E-state index contributed by atoms with van der Waals surface area (Å²) in [6.07, 6.45) is 0.730. The standard InChI is InChI=1S/C10H23NO/c1-5-10(12)9(4)8-11(6-2)7-3/h9-10,12H,5-8H2,1-4H3. The number of aliphatic hydroxyl groups excluding tert-OH is 1. The Labute approximate surface area is 76.6 Å². The van der Waals surface area contributed by atoms with E-state index in [4.69, 9.17) is 0 Å². The fraction of sp³-hybridized carbons (Fsp3) is 1.00. The van der Waals surface area contributed by atoms with Crippen molar-refractivity contribution in [3.8, 4) is 0 Å². The van der Waals surface area contributed by atoms with Crippen LogP contribution in [-0.2, 0) is 0 Å². The number of rotatable bonds is 6. The van der Waals surface area contributed by atoms with Crippen LogP contribution < -0.4 is 0 Å². The lowest BCUT2D eigenvalue weighted by Crippen LogP contribution is -2.33. The van der Waals surface area contributed by atoms with Crippen LogP contribution in [0.15, 0.2) is 0 Å². The molecule has 0 aliphatic rings. The Hall–Kier alpha value is -0.0800. The van der Waals surface area contributed by atoms with Crippen molar-refractivity contribution in [2.24, 2.45) is 5.92 Å². The highest BCUT2D eigenvalue weighted by Gasteiger charge is 2.14. The molecule has 0 fully saturated rings. The summed E-state index contributed by atoms with van der Waals surface area (Å²) in [6, 6.07) is 0. The second-order valence-corrected chi connectivity index (χ2v) is 3.44. The molecular formula is C10H23NO. The lowest BCUT2D eigenvalue weighted by atomic mass is 10.0. The summed E-state index contributed by atoms with van der Waals surface area (Å²) in [5, 5.41) is 9.54. The predicted octanol–water partition coefficient (Wildman–Crippen LogP) is 1.74. The van der Waals surface area contributed by atoms with Crippen molar-refractivity contribution in [3.63, 3.8) is 0 Å². The Morgan fingerprint density at radius 2 is 1.67 bits per heavy atom. The first-order chi connectivity index (χ1) is 5.65. The molecule has 1 N–H and O–H groups in total. The van der Waals surface area contributed by atoms with E-state index in [1.54, 1.807) is 0 Å². The zero-order valence-electron chi connectivity index (χ0n) is 8.88. The van der Waals surface area contributed by atoms with Crippen LogP contribution in [0.4, 0.5) is 0 Å². The van der Waals surface area contributed by atoms with Crippen molar-refractivity contribution in [1.82, 2.24) is 4.90 Å². The van der Waals surface area contributed by atoms with Crippen molar-refractivity contribution in [3.05, 3.63) is 0 Å². The number of nitrogens with zero attached hydrogens (tertiary/aromatic N) is 1. The molecule has 0 aromatic carbocycles. The van der Waals surface area contributed by atoms with Crippen molar-refractivity contribution < 1.29 is 5.11 Å². The summed E-state index contributed by atoms with van der Waals surface area (Å²) in [6.45, 7) is 11.6. The van der Waals surface area contributed by atoms with Gasteiger partial charge in [0.1, 0.15) is 0 Å². The van der Waals surface area contributed by atoms with Crippen molar-refractivity contribution in [2.45, 2.75) is 40.2 Å². The van der Waals surface area contributed by atoms with Crippen LogP contribution in [-0.4, -0.2) is 35.7 Å². The highest BCUT2D eigenvalue weighted by molar-refractivity contribution is 4.66. The lowest BCUT2D eigenvalue weighted by molar-refractivity contribution is 0.0878. The molecule has 0 saturated heterocycles. The third kappa shape index (κ3) is 4.07. The number of hydrogen-bond acceptors (Lipinski definition) is 2. The highest BCUT2D eigenvalue weighted by Crippen LogP contribution is 2.08. The molecule has 2 atom stereocenters. The normalized spacial score (nSPS) is 16.5. The Morgan fingerprint density at radius 1 is 1.17 bits per heavy atom. The Bertz CT molecular complexity index is 102. The van der Waals surface area contributed by atoms with E-state index in [-0.39, 0.29) is 6.10 Å². The van der Waals surface area contributed by atoms with E-state index >= 15 is 0 Å². The summed E-state index contributed by atoms with van der Waals surface area (Å²) >= 11 is 0. The van der Waals surface area contributed by atoms with Gasteiger partial charge in [0.2, 0.25) is 0 Å². The van der Waals surface area contributed by atoms with Gasteiger partial charge in [-0.3, -0.25) is 0 Å². The zero-order chi connectivity index (χ0) is 9.56. The van der Waals surface area contributed by atoms with Gasteiger partial charge in [-0.15, -0.1) is 0 Å². The largest absolute Gasteiger partial charge is 0.393 e. The van der Waals surface area contributed by atoms with E-state index in [1.165, 1.54) is 0 Å². The minimum absolute atomic E-state index is 0.134. The van der Waals surface area contributed by atoms with E-state index in [1.807, 2.05) is 6.92 Å². The topological polar surface area (TPSA) is 23.5 Å². The molecule has 2 nitrogen and oxygen atoms in total.